The second-order valence-corrected chi connectivity index (χ2v) is 4.95. The number of carbonyl (C=O) groups excluding carboxylic acids is 2. The Hall–Kier alpha value is -2.76. The lowest BCUT2D eigenvalue weighted by Gasteiger charge is -2.08. The summed E-state index contributed by atoms with van der Waals surface area (Å²) in [5, 5.41) is 7.93. The fraction of sp³-hybridized carbons (Fsp3) is 0.250. The molecule has 2 rings (SSSR count). The zero-order valence-corrected chi connectivity index (χ0v) is 13.0. The summed E-state index contributed by atoms with van der Waals surface area (Å²) in [4.78, 5) is 23.7. The Labute approximate surface area is 128 Å². The van der Waals surface area contributed by atoms with Crippen molar-refractivity contribution in [1.29, 1.82) is 0 Å². The van der Waals surface area contributed by atoms with Gasteiger partial charge in [0.25, 0.3) is 5.91 Å². The average Bonchev–Trinajstić information content (AvgIpc) is 2.72. The van der Waals surface area contributed by atoms with E-state index in [1.165, 1.54) is 7.05 Å². The van der Waals surface area contributed by atoms with Gasteiger partial charge in [-0.3, -0.25) is 4.79 Å². The maximum absolute atomic E-state index is 12.4. The molecule has 0 saturated carbocycles. The van der Waals surface area contributed by atoms with E-state index in [4.69, 9.17) is 4.42 Å². The van der Waals surface area contributed by atoms with Gasteiger partial charge in [-0.25, -0.2) is 4.79 Å². The summed E-state index contributed by atoms with van der Waals surface area (Å²) in [5.74, 6) is 1.09. The molecule has 0 radical (unpaired) electrons. The van der Waals surface area contributed by atoms with E-state index in [2.05, 4.69) is 16.0 Å². The highest BCUT2D eigenvalue weighted by Crippen LogP contribution is 2.23. The standard InChI is InChI=1S/C16H19N3O3/c1-9-10(2)22-11(3)14(9)15(20)18-12-6-5-7-13(8-12)19-16(21)17-4/h5-8H,1-4H3,(H,18,20)(H2,17,19,21). The largest absolute Gasteiger partial charge is 0.466 e. The van der Waals surface area contributed by atoms with Crippen LogP contribution in [0.15, 0.2) is 28.7 Å². The van der Waals surface area contributed by atoms with Crippen molar-refractivity contribution in [2.75, 3.05) is 17.7 Å². The van der Waals surface area contributed by atoms with Crippen LogP contribution in [0.5, 0.6) is 0 Å². The lowest BCUT2D eigenvalue weighted by molar-refractivity contribution is 0.102. The minimum atomic E-state index is -0.319. The SMILES string of the molecule is CNC(=O)Nc1cccc(NC(=O)c2c(C)oc(C)c2C)c1. The Morgan fingerprint density at radius 3 is 2.18 bits per heavy atom. The second-order valence-electron chi connectivity index (χ2n) is 4.95. The normalized spacial score (nSPS) is 10.2. The van der Waals surface area contributed by atoms with Crippen molar-refractivity contribution in [3.05, 3.63) is 46.9 Å². The summed E-state index contributed by atoms with van der Waals surface area (Å²) >= 11 is 0. The molecule has 0 spiro atoms. The van der Waals surface area contributed by atoms with Crippen molar-refractivity contribution in [1.82, 2.24) is 5.32 Å². The summed E-state index contributed by atoms with van der Waals surface area (Å²) in [6, 6.07) is 6.61. The number of amides is 3. The van der Waals surface area contributed by atoms with E-state index < -0.39 is 0 Å². The Bertz CT molecular complexity index is 719. The molecule has 6 nitrogen and oxygen atoms in total. The molecule has 0 unspecified atom stereocenters. The first-order chi connectivity index (χ1) is 10.4. The van der Waals surface area contributed by atoms with Crippen LogP contribution in [0.1, 0.15) is 27.4 Å². The number of carbonyl (C=O) groups is 2. The molecule has 1 heterocycles. The number of hydrogen-bond donors (Lipinski definition) is 3. The molecular weight excluding hydrogens is 282 g/mol. The molecule has 0 aliphatic heterocycles. The van der Waals surface area contributed by atoms with Gasteiger partial charge in [-0.2, -0.15) is 0 Å². The zero-order valence-electron chi connectivity index (χ0n) is 13.0. The highest BCUT2D eigenvalue weighted by Gasteiger charge is 2.18. The van der Waals surface area contributed by atoms with Crippen LogP contribution < -0.4 is 16.0 Å². The molecule has 116 valence electrons. The summed E-state index contributed by atoms with van der Waals surface area (Å²) in [5.41, 5.74) is 2.56. The molecule has 3 N–H and O–H groups in total. The number of nitrogens with one attached hydrogen (secondary N) is 3. The number of aryl methyl sites for hydroxylation is 2. The smallest absolute Gasteiger partial charge is 0.318 e. The Morgan fingerprint density at radius 2 is 1.64 bits per heavy atom. The number of rotatable bonds is 3. The summed E-state index contributed by atoms with van der Waals surface area (Å²) in [6.45, 7) is 5.44. The lowest BCUT2D eigenvalue weighted by Crippen LogP contribution is -2.24. The number of anilines is 2. The third-order valence-corrected chi connectivity index (χ3v) is 3.39. The van der Waals surface area contributed by atoms with Crippen LogP contribution in [0.4, 0.5) is 16.2 Å². The Balaban J connectivity index is 2.18. The highest BCUT2D eigenvalue weighted by atomic mass is 16.3. The number of furan rings is 1. The van der Waals surface area contributed by atoms with Gasteiger partial charge in [0.05, 0.1) is 5.56 Å². The van der Waals surface area contributed by atoms with E-state index in [0.29, 0.717) is 22.7 Å². The van der Waals surface area contributed by atoms with Crippen LogP contribution in [-0.4, -0.2) is 19.0 Å². The van der Waals surface area contributed by atoms with E-state index in [0.717, 1.165) is 11.3 Å². The van der Waals surface area contributed by atoms with Gasteiger partial charge in [-0.05, 0) is 39.0 Å². The van der Waals surface area contributed by atoms with Crippen molar-refractivity contribution in [3.8, 4) is 0 Å². The van der Waals surface area contributed by atoms with Crippen LogP contribution in [0.3, 0.4) is 0 Å². The quantitative estimate of drug-likeness (QED) is 0.814. The number of hydrogen-bond acceptors (Lipinski definition) is 3. The fourth-order valence-corrected chi connectivity index (χ4v) is 2.19. The molecule has 0 aliphatic carbocycles. The monoisotopic (exact) mass is 301 g/mol. The minimum absolute atomic E-state index is 0.232. The first kappa shape index (κ1) is 15.6. The van der Waals surface area contributed by atoms with E-state index in [-0.39, 0.29) is 11.9 Å². The molecule has 0 bridgehead atoms. The number of benzene rings is 1. The molecule has 1 aromatic heterocycles. The predicted molar refractivity (Wildman–Crippen MR) is 85.4 cm³/mol. The first-order valence-corrected chi connectivity index (χ1v) is 6.89. The van der Waals surface area contributed by atoms with Crippen LogP contribution in [-0.2, 0) is 0 Å². The predicted octanol–water partition coefficient (Wildman–Crippen LogP) is 3.21. The van der Waals surface area contributed by atoms with Gasteiger partial charge in [0.15, 0.2) is 0 Å². The van der Waals surface area contributed by atoms with Crippen molar-refractivity contribution < 1.29 is 14.0 Å². The lowest BCUT2D eigenvalue weighted by atomic mass is 10.1. The third-order valence-electron chi connectivity index (χ3n) is 3.39. The summed E-state index contributed by atoms with van der Waals surface area (Å²) in [7, 11) is 1.54. The van der Waals surface area contributed by atoms with E-state index in [1.807, 2.05) is 13.8 Å². The molecule has 2 aromatic rings. The minimum Gasteiger partial charge on any atom is -0.466 e. The van der Waals surface area contributed by atoms with Crippen LogP contribution in [0.2, 0.25) is 0 Å². The molecule has 0 fully saturated rings. The molecular formula is C16H19N3O3. The van der Waals surface area contributed by atoms with Crippen LogP contribution in [0, 0.1) is 20.8 Å². The van der Waals surface area contributed by atoms with Gasteiger partial charge >= 0.3 is 6.03 Å². The number of urea groups is 1. The average molecular weight is 301 g/mol. The molecule has 0 aliphatic rings. The van der Waals surface area contributed by atoms with Crippen molar-refractivity contribution >= 4 is 23.3 Å². The van der Waals surface area contributed by atoms with Crippen molar-refractivity contribution in [2.24, 2.45) is 0 Å². The van der Waals surface area contributed by atoms with E-state index >= 15 is 0 Å². The van der Waals surface area contributed by atoms with Crippen molar-refractivity contribution in [3.63, 3.8) is 0 Å². The maximum atomic E-state index is 12.4. The van der Waals surface area contributed by atoms with Gasteiger partial charge < -0.3 is 20.4 Å². The second kappa shape index (κ2) is 6.34. The van der Waals surface area contributed by atoms with Crippen LogP contribution >= 0.6 is 0 Å². The topological polar surface area (TPSA) is 83.4 Å². The highest BCUT2D eigenvalue weighted by molar-refractivity contribution is 6.06. The van der Waals surface area contributed by atoms with E-state index in [1.54, 1.807) is 31.2 Å². The van der Waals surface area contributed by atoms with Gasteiger partial charge in [0, 0.05) is 24.0 Å². The molecule has 1 aromatic carbocycles. The van der Waals surface area contributed by atoms with Gasteiger partial charge in [0.1, 0.15) is 11.5 Å². The third kappa shape index (κ3) is 3.28. The van der Waals surface area contributed by atoms with Crippen LogP contribution in [0.25, 0.3) is 0 Å². The Kier molecular flexibility index (Phi) is 4.50. The summed E-state index contributed by atoms with van der Waals surface area (Å²) < 4.78 is 5.47. The molecule has 6 heteroatoms. The molecule has 22 heavy (non-hydrogen) atoms. The van der Waals surface area contributed by atoms with Crippen molar-refractivity contribution in [2.45, 2.75) is 20.8 Å². The zero-order chi connectivity index (χ0) is 16.3. The summed E-state index contributed by atoms with van der Waals surface area (Å²) in [6.07, 6.45) is 0. The fourth-order valence-electron chi connectivity index (χ4n) is 2.19. The van der Waals surface area contributed by atoms with E-state index in [9.17, 15) is 9.59 Å². The Morgan fingerprint density at radius 1 is 1.00 bits per heavy atom. The first-order valence-electron chi connectivity index (χ1n) is 6.89. The molecule has 0 atom stereocenters. The van der Waals surface area contributed by atoms with Gasteiger partial charge in [0.2, 0.25) is 0 Å². The van der Waals surface area contributed by atoms with Gasteiger partial charge in [-0.15, -0.1) is 0 Å². The van der Waals surface area contributed by atoms with Gasteiger partial charge in [-0.1, -0.05) is 6.07 Å². The molecule has 0 saturated heterocycles. The molecule has 3 amide bonds. The maximum Gasteiger partial charge on any atom is 0.318 e.